The molecule has 0 fully saturated rings. The molecule has 20 heavy (non-hydrogen) atoms. The smallest absolute Gasteiger partial charge is 0.275 e. The van der Waals surface area contributed by atoms with Crippen molar-refractivity contribution in [3.05, 3.63) is 38.3 Å². The third-order valence-electron chi connectivity index (χ3n) is 2.97. The second-order valence-electron chi connectivity index (χ2n) is 7.01. The van der Waals surface area contributed by atoms with Crippen molar-refractivity contribution >= 4 is 21.6 Å². The van der Waals surface area contributed by atoms with Crippen LogP contribution >= 0.6 is 15.9 Å². The molecule has 0 amide bonds. The summed E-state index contributed by atoms with van der Waals surface area (Å²) in [6, 6.07) is 5.18. The highest BCUT2D eigenvalue weighted by atomic mass is 79.9. The molecule has 0 aliphatic carbocycles. The summed E-state index contributed by atoms with van der Waals surface area (Å²) >= 11 is 3.27. The average molecular weight is 343 g/mol. The molecule has 112 valence electrons. The third kappa shape index (κ3) is 5.59. The lowest BCUT2D eigenvalue weighted by Gasteiger charge is -2.33. The van der Waals surface area contributed by atoms with Gasteiger partial charge in [0.1, 0.15) is 0 Å². The minimum absolute atomic E-state index is 0.0702. The minimum Gasteiger partial charge on any atom is -0.307 e. The number of nitrogens with one attached hydrogen (secondary N) is 1. The Balaban J connectivity index is 2.82. The van der Waals surface area contributed by atoms with Crippen LogP contribution in [0, 0.1) is 15.5 Å². The Morgan fingerprint density at radius 3 is 2.35 bits per heavy atom. The van der Waals surface area contributed by atoms with Gasteiger partial charge >= 0.3 is 0 Å². The lowest BCUT2D eigenvalue weighted by Crippen LogP contribution is -2.41. The van der Waals surface area contributed by atoms with Gasteiger partial charge in [-0.1, -0.05) is 36.7 Å². The summed E-state index contributed by atoms with van der Waals surface area (Å²) in [5.41, 5.74) is 1.00. The first kappa shape index (κ1) is 17.1. The number of benzene rings is 1. The molecular formula is C15H23BrN2O2. The predicted molar refractivity (Wildman–Crippen MR) is 85.8 cm³/mol. The Morgan fingerprint density at radius 2 is 1.85 bits per heavy atom. The maximum atomic E-state index is 11.1. The fraction of sp³-hybridized carbons (Fsp3) is 0.600. The van der Waals surface area contributed by atoms with E-state index in [0.717, 1.165) is 10.9 Å². The largest absolute Gasteiger partial charge is 0.307 e. The standard InChI is InChI=1S/C15H23BrN2O2/c1-14(2,3)10-15(4,5)17-9-11-6-7-12(16)8-13(11)18(19)20/h6-8,17H,9-10H2,1-5H3. The molecule has 1 aromatic rings. The van der Waals surface area contributed by atoms with Gasteiger partial charge in [0.2, 0.25) is 0 Å². The van der Waals surface area contributed by atoms with E-state index in [4.69, 9.17) is 0 Å². The summed E-state index contributed by atoms with van der Waals surface area (Å²) in [6.45, 7) is 11.3. The van der Waals surface area contributed by atoms with E-state index in [1.165, 1.54) is 0 Å². The minimum atomic E-state index is -0.335. The van der Waals surface area contributed by atoms with Crippen molar-refractivity contribution in [2.24, 2.45) is 5.41 Å². The monoisotopic (exact) mass is 342 g/mol. The van der Waals surface area contributed by atoms with Crippen LogP contribution in [0.1, 0.15) is 46.6 Å². The van der Waals surface area contributed by atoms with Crippen molar-refractivity contribution in [2.45, 2.75) is 53.1 Å². The summed E-state index contributed by atoms with van der Waals surface area (Å²) < 4.78 is 0.724. The highest BCUT2D eigenvalue weighted by molar-refractivity contribution is 9.10. The second-order valence-corrected chi connectivity index (χ2v) is 7.92. The van der Waals surface area contributed by atoms with E-state index in [-0.39, 0.29) is 21.6 Å². The van der Waals surface area contributed by atoms with Crippen LogP contribution in [0.4, 0.5) is 5.69 Å². The normalized spacial score (nSPS) is 12.5. The van der Waals surface area contributed by atoms with Crippen molar-refractivity contribution in [2.75, 3.05) is 0 Å². The van der Waals surface area contributed by atoms with Gasteiger partial charge in [-0.05, 0) is 37.8 Å². The maximum Gasteiger partial charge on any atom is 0.275 e. The molecule has 0 bridgehead atoms. The Morgan fingerprint density at radius 1 is 1.25 bits per heavy atom. The average Bonchev–Trinajstić information content (AvgIpc) is 2.23. The summed E-state index contributed by atoms with van der Waals surface area (Å²) in [5.74, 6) is 0. The van der Waals surface area contributed by atoms with Crippen LogP contribution in [0.2, 0.25) is 0 Å². The van der Waals surface area contributed by atoms with Gasteiger partial charge in [0.05, 0.1) is 4.92 Å². The molecule has 0 aliphatic heterocycles. The molecule has 1 N–H and O–H groups in total. The third-order valence-corrected chi connectivity index (χ3v) is 3.47. The van der Waals surface area contributed by atoms with Crippen molar-refractivity contribution in [1.82, 2.24) is 5.32 Å². The van der Waals surface area contributed by atoms with Gasteiger partial charge in [0.25, 0.3) is 5.69 Å². The van der Waals surface area contributed by atoms with Crippen molar-refractivity contribution in [3.63, 3.8) is 0 Å². The second kappa shape index (κ2) is 6.22. The van der Waals surface area contributed by atoms with Crippen LogP contribution < -0.4 is 5.32 Å². The van der Waals surface area contributed by atoms with Crippen LogP contribution in [0.3, 0.4) is 0 Å². The quantitative estimate of drug-likeness (QED) is 0.625. The molecule has 0 spiro atoms. The zero-order chi connectivity index (χ0) is 15.6. The van der Waals surface area contributed by atoms with Gasteiger partial charge in [-0.25, -0.2) is 0 Å². The number of halogens is 1. The first-order valence-electron chi connectivity index (χ1n) is 6.68. The van der Waals surface area contributed by atoms with E-state index in [0.29, 0.717) is 12.1 Å². The molecule has 0 saturated heterocycles. The number of rotatable bonds is 5. The summed E-state index contributed by atoms with van der Waals surface area (Å²) in [5, 5.41) is 14.5. The Labute approximate surface area is 129 Å². The number of nitro benzene ring substituents is 1. The highest BCUT2D eigenvalue weighted by Crippen LogP contribution is 2.28. The van der Waals surface area contributed by atoms with Crippen molar-refractivity contribution in [1.29, 1.82) is 0 Å². The lowest BCUT2D eigenvalue weighted by molar-refractivity contribution is -0.385. The Kier molecular flexibility index (Phi) is 5.33. The fourth-order valence-electron chi connectivity index (χ4n) is 2.58. The van der Waals surface area contributed by atoms with E-state index < -0.39 is 0 Å². The van der Waals surface area contributed by atoms with Gasteiger partial charge in [0, 0.05) is 28.2 Å². The zero-order valence-electron chi connectivity index (χ0n) is 12.8. The van der Waals surface area contributed by atoms with Gasteiger partial charge in [-0.3, -0.25) is 10.1 Å². The summed E-state index contributed by atoms with van der Waals surface area (Å²) in [7, 11) is 0. The molecule has 5 heteroatoms. The van der Waals surface area contributed by atoms with E-state index >= 15 is 0 Å². The number of nitrogens with zero attached hydrogens (tertiary/aromatic N) is 1. The summed E-state index contributed by atoms with van der Waals surface area (Å²) in [6.07, 6.45) is 0.990. The topological polar surface area (TPSA) is 55.2 Å². The van der Waals surface area contributed by atoms with Crippen LogP contribution in [0.5, 0.6) is 0 Å². The van der Waals surface area contributed by atoms with Gasteiger partial charge in [-0.15, -0.1) is 0 Å². The van der Waals surface area contributed by atoms with E-state index in [2.05, 4.69) is 55.9 Å². The SMILES string of the molecule is CC(C)(C)CC(C)(C)NCc1ccc(Br)cc1[N+](=O)[O-]. The van der Waals surface area contributed by atoms with Crippen LogP contribution in [0.25, 0.3) is 0 Å². The van der Waals surface area contributed by atoms with E-state index in [9.17, 15) is 10.1 Å². The van der Waals surface area contributed by atoms with Gasteiger partial charge in [0.15, 0.2) is 0 Å². The van der Waals surface area contributed by atoms with Crippen LogP contribution in [-0.2, 0) is 6.54 Å². The Hall–Kier alpha value is -0.940. The zero-order valence-corrected chi connectivity index (χ0v) is 14.4. The molecule has 0 saturated carbocycles. The molecule has 0 heterocycles. The molecule has 4 nitrogen and oxygen atoms in total. The molecule has 0 radical (unpaired) electrons. The van der Waals surface area contributed by atoms with E-state index in [1.54, 1.807) is 12.1 Å². The first-order chi connectivity index (χ1) is 9.00. The van der Waals surface area contributed by atoms with Crippen LogP contribution in [-0.4, -0.2) is 10.5 Å². The van der Waals surface area contributed by atoms with Gasteiger partial charge < -0.3 is 5.32 Å². The molecule has 1 aromatic carbocycles. The number of nitro groups is 1. The molecule has 1 rings (SSSR count). The predicted octanol–water partition coefficient (Wildman–Crippen LogP) is 4.66. The molecule has 0 aliphatic rings. The van der Waals surface area contributed by atoms with Crippen molar-refractivity contribution in [3.8, 4) is 0 Å². The first-order valence-corrected chi connectivity index (χ1v) is 7.47. The summed E-state index contributed by atoms with van der Waals surface area (Å²) in [4.78, 5) is 10.7. The number of hydrogen-bond acceptors (Lipinski definition) is 3. The van der Waals surface area contributed by atoms with Crippen molar-refractivity contribution < 1.29 is 4.92 Å². The lowest BCUT2D eigenvalue weighted by atomic mass is 9.81. The molecule has 0 unspecified atom stereocenters. The molecular weight excluding hydrogens is 320 g/mol. The maximum absolute atomic E-state index is 11.1. The Bertz CT molecular complexity index is 493. The molecule has 0 atom stereocenters. The number of hydrogen-bond donors (Lipinski definition) is 1. The van der Waals surface area contributed by atoms with Crippen LogP contribution in [0.15, 0.2) is 22.7 Å². The van der Waals surface area contributed by atoms with Gasteiger partial charge in [-0.2, -0.15) is 0 Å². The highest BCUT2D eigenvalue weighted by Gasteiger charge is 2.25. The van der Waals surface area contributed by atoms with E-state index in [1.807, 2.05) is 6.07 Å². The fourth-order valence-corrected chi connectivity index (χ4v) is 2.93. The molecule has 0 aromatic heterocycles.